The van der Waals surface area contributed by atoms with Crippen molar-refractivity contribution in [3.63, 3.8) is 0 Å². The Labute approximate surface area is 705 Å². The molecule has 2 aliphatic rings. The summed E-state index contributed by atoms with van der Waals surface area (Å²) in [7, 11) is 0. The van der Waals surface area contributed by atoms with E-state index in [4.69, 9.17) is 4.11 Å². The van der Waals surface area contributed by atoms with Gasteiger partial charge in [0, 0.05) is 80.6 Å². The van der Waals surface area contributed by atoms with E-state index < -0.39 is 0 Å². The number of nitrogens with zero attached hydrogens (tertiary/aromatic N) is 4. The lowest BCUT2D eigenvalue weighted by molar-refractivity contribution is 0.567. The molecule has 118 heavy (non-hydrogen) atoms. The minimum atomic E-state index is -0.383. The number of rotatable bonds is 17. The fourth-order valence-electron chi connectivity index (χ4n) is 18.9. The van der Waals surface area contributed by atoms with Gasteiger partial charge in [-0.05, 0) is 230 Å². The molecule has 0 amide bonds. The van der Waals surface area contributed by atoms with Crippen molar-refractivity contribution in [1.82, 2.24) is 9.13 Å². The van der Waals surface area contributed by atoms with Gasteiger partial charge in [-0.25, -0.2) is 0 Å². The summed E-state index contributed by atoms with van der Waals surface area (Å²) < 4.78 is 49.7. The Morgan fingerprint density at radius 1 is 0.297 bits per heavy atom. The number of para-hydroxylation sites is 3. The molecule has 2 aliphatic heterocycles. The van der Waals surface area contributed by atoms with Crippen LogP contribution in [0.3, 0.4) is 0 Å². The minimum absolute atomic E-state index is 0.0832. The summed E-state index contributed by atoms with van der Waals surface area (Å²) in [5.74, 6) is 0. The summed E-state index contributed by atoms with van der Waals surface area (Å²) in [6, 6.07) is 113. The van der Waals surface area contributed by atoms with Crippen LogP contribution in [-0.2, 0) is 60.4 Å². The Morgan fingerprint density at radius 3 is 1.21 bits per heavy atom. The van der Waals surface area contributed by atoms with E-state index in [1.54, 1.807) is 0 Å². The van der Waals surface area contributed by atoms with Gasteiger partial charge < -0.3 is 18.9 Å². The standard InChI is InChI=1S/C113H105BN4/c1-110(2,3)84-61-78(62-85(67-84)111(4,5)6)60-77-53-56-100-106(64-77)117(74-98-95(82-40-24-16-25-41-82)70-87(113(10,11)12)71-96(98)83-42-26-17-27-43-83)108-66-79(73-116-101-47-31-28-46-92(101)97-72-88(54-57-102(97)116)118-103-48-32-29-44-90(103)91-45-30-33-49-104(91)118)65-107-109(108)114(100)99-55-52-76(51-50-75-34-18-13-19-35-75)63-105(99)115(107)59-58-89-93(80-36-20-14-21-37-80)68-86(112(7,8)9)69-94(89)81-38-22-15-23-39-81/h13-49,52-57,61-72H,50-51,58-60,73-74H2,1-12H3/i13D,18D,19D,34D,35D. The number of aromatic nitrogens is 2. The third kappa shape index (κ3) is 14.1. The van der Waals surface area contributed by atoms with Gasteiger partial charge in [0.15, 0.2) is 0 Å². The molecule has 0 aliphatic carbocycles. The van der Waals surface area contributed by atoms with Crippen molar-refractivity contribution in [2.45, 2.75) is 144 Å². The van der Waals surface area contributed by atoms with E-state index in [0.29, 0.717) is 38.0 Å². The third-order valence-electron chi connectivity index (χ3n) is 25.2. The predicted molar refractivity (Wildman–Crippen MR) is 506 cm³/mol. The van der Waals surface area contributed by atoms with E-state index in [9.17, 15) is 2.74 Å². The summed E-state index contributed by atoms with van der Waals surface area (Å²) >= 11 is 0. The van der Waals surface area contributed by atoms with Gasteiger partial charge in [0.2, 0.25) is 0 Å². The van der Waals surface area contributed by atoms with Gasteiger partial charge >= 0.3 is 0 Å². The number of aryl methyl sites for hydroxylation is 1. The zero-order chi connectivity index (χ0) is 85.3. The molecule has 0 spiro atoms. The Balaban J connectivity index is 0.895. The summed E-state index contributed by atoms with van der Waals surface area (Å²) in [5.41, 5.74) is 35.6. The highest BCUT2D eigenvalue weighted by Crippen LogP contribution is 2.48. The van der Waals surface area contributed by atoms with Gasteiger partial charge in [-0.2, -0.15) is 0 Å². The molecule has 4 heterocycles. The van der Waals surface area contributed by atoms with Crippen LogP contribution in [0.2, 0.25) is 0 Å². The van der Waals surface area contributed by atoms with Crippen LogP contribution in [0.4, 0.5) is 22.7 Å². The highest BCUT2D eigenvalue weighted by Gasteiger charge is 2.44. The maximum atomic E-state index is 9.22. The molecule has 4 nitrogen and oxygen atoms in total. The van der Waals surface area contributed by atoms with Gasteiger partial charge in [0.1, 0.15) is 0 Å². The number of hydrogen-bond donors (Lipinski definition) is 0. The molecule has 0 atom stereocenters. The number of anilines is 4. The monoisotopic (exact) mass is 1530 g/mol. The third-order valence-corrected chi connectivity index (χ3v) is 25.2. The van der Waals surface area contributed by atoms with Crippen LogP contribution in [0.1, 0.15) is 151 Å². The molecule has 0 saturated heterocycles. The molecule has 0 saturated carbocycles. The van der Waals surface area contributed by atoms with Crippen molar-refractivity contribution in [3.8, 4) is 50.2 Å². The summed E-state index contributed by atoms with van der Waals surface area (Å²) in [6.45, 7) is 29.4. The van der Waals surface area contributed by atoms with E-state index in [1.807, 2.05) is 0 Å². The van der Waals surface area contributed by atoms with Crippen LogP contribution >= 0.6 is 0 Å². The first-order valence-corrected chi connectivity index (χ1v) is 42.3. The lowest BCUT2D eigenvalue weighted by Gasteiger charge is -2.45. The normalized spacial score (nSPS) is 13.5. The van der Waals surface area contributed by atoms with Crippen LogP contribution in [0.5, 0.6) is 0 Å². The predicted octanol–water partition coefficient (Wildman–Crippen LogP) is 27.0. The Kier molecular flexibility index (Phi) is 17.7. The highest BCUT2D eigenvalue weighted by molar-refractivity contribution is 7.00. The van der Waals surface area contributed by atoms with E-state index in [1.165, 1.54) is 138 Å². The van der Waals surface area contributed by atoms with Crippen molar-refractivity contribution in [2.24, 2.45) is 0 Å². The Hall–Kier alpha value is -12.4. The second kappa shape index (κ2) is 29.9. The molecule has 0 unspecified atom stereocenters. The molecule has 2 aromatic heterocycles. The average Bonchev–Trinajstić information content (AvgIpc) is 1.40. The van der Waals surface area contributed by atoms with Gasteiger partial charge in [0.25, 0.3) is 6.71 Å². The average molecular weight is 1530 g/mol. The Morgan fingerprint density at radius 2 is 0.703 bits per heavy atom. The molecule has 0 bridgehead atoms. The molecule has 19 rings (SSSR count). The highest BCUT2D eigenvalue weighted by atomic mass is 15.2. The molecule has 5 heteroatoms. The van der Waals surface area contributed by atoms with Crippen molar-refractivity contribution in [2.75, 3.05) is 16.3 Å². The first-order valence-electron chi connectivity index (χ1n) is 44.8. The van der Waals surface area contributed by atoms with Crippen molar-refractivity contribution in [1.29, 1.82) is 0 Å². The fourth-order valence-corrected chi connectivity index (χ4v) is 18.9. The number of hydrogen-bond acceptors (Lipinski definition) is 2. The molecule has 15 aromatic carbocycles. The number of benzene rings is 15. The van der Waals surface area contributed by atoms with Crippen LogP contribution < -0.4 is 26.2 Å². The largest absolute Gasteiger partial charge is 0.342 e. The van der Waals surface area contributed by atoms with Crippen LogP contribution in [0.15, 0.2) is 334 Å². The topological polar surface area (TPSA) is 16.3 Å². The van der Waals surface area contributed by atoms with Gasteiger partial charge in [-0.3, -0.25) is 0 Å². The fraction of sp³-hybridized carbons (Fsp3) is 0.204. The molecule has 17 aromatic rings. The molecule has 0 radical (unpaired) electrons. The van der Waals surface area contributed by atoms with Gasteiger partial charge in [-0.15, -0.1) is 0 Å². The second-order valence-electron chi connectivity index (χ2n) is 37.2. The van der Waals surface area contributed by atoms with Crippen LogP contribution in [0, 0.1) is 0 Å². The molecule has 580 valence electrons. The summed E-state index contributed by atoms with van der Waals surface area (Å²) in [6.07, 6.45) is 2.08. The second-order valence-corrected chi connectivity index (χ2v) is 37.2. The lowest BCUT2D eigenvalue weighted by Crippen LogP contribution is -2.62. The van der Waals surface area contributed by atoms with Crippen molar-refractivity contribution >= 4 is 89.5 Å². The quantitative estimate of drug-likeness (QED) is 0.0845. The first kappa shape index (κ1) is 69.8. The van der Waals surface area contributed by atoms with E-state index >= 15 is 0 Å². The van der Waals surface area contributed by atoms with Crippen LogP contribution in [-0.4, -0.2) is 22.4 Å². The van der Waals surface area contributed by atoms with Crippen LogP contribution in [0.25, 0.3) is 93.8 Å². The van der Waals surface area contributed by atoms with E-state index in [0.717, 1.165) is 57.0 Å². The zero-order valence-electron chi connectivity index (χ0n) is 75.2. The maximum absolute atomic E-state index is 9.22. The smallest absolute Gasteiger partial charge is 0.252 e. The number of fused-ring (bicyclic) bond motifs is 10. The molecule has 0 fully saturated rings. The lowest BCUT2D eigenvalue weighted by atomic mass is 9.33. The molecular weight excluding hydrogens is 1420 g/mol. The minimum Gasteiger partial charge on any atom is -0.342 e. The van der Waals surface area contributed by atoms with Gasteiger partial charge in [-0.1, -0.05) is 356 Å². The van der Waals surface area contributed by atoms with E-state index in [2.05, 4.69) is 405 Å². The zero-order valence-corrected chi connectivity index (χ0v) is 70.2. The van der Waals surface area contributed by atoms with Gasteiger partial charge in [0.05, 0.1) is 17.9 Å². The molecular formula is C113H105BN4. The Bertz CT molecular complexity index is 6780. The van der Waals surface area contributed by atoms with Crippen molar-refractivity contribution in [3.05, 3.63) is 395 Å². The summed E-state index contributed by atoms with van der Waals surface area (Å²) in [4.78, 5) is 5.41. The van der Waals surface area contributed by atoms with E-state index in [-0.39, 0.29) is 65.0 Å². The summed E-state index contributed by atoms with van der Waals surface area (Å²) in [5, 5.41) is 4.83. The SMILES string of the molecule is [2H]c1c([2H])c([2H])c(CCc2ccc3c(c2)N(CCc2c(-c4ccccc4)cc(C(C)(C)C)cc2-c2ccccc2)c2cc(Cn4c5ccccc5c5cc(-n6c7ccccc7c7ccccc76)ccc54)cc4c2B3c2ccc(Cc3cc(C(C)(C)C)cc(C(C)(C)C)c3)cc2N4Cc2c(-c3ccccc3)cc(C(C)(C)C)cc2-c2ccccc2)c([2H])c1[2H]. The first-order chi connectivity index (χ1) is 59.1. The maximum Gasteiger partial charge on any atom is 0.252 e. The molecule has 0 N–H and O–H groups in total. The van der Waals surface area contributed by atoms with Crippen molar-refractivity contribution < 1.29 is 6.85 Å².